The second-order valence-electron chi connectivity index (χ2n) is 3.74. The lowest BCUT2D eigenvalue weighted by atomic mass is 10.2. The van der Waals surface area contributed by atoms with E-state index in [0.717, 1.165) is 5.56 Å². The van der Waals surface area contributed by atoms with E-state index in [-0.39, 0.29) is 11.9 Å². The van der Waals surface area contributed by atoms with Gasteiger partial charge >= 0.3 is 0 Å². The number of carbonyl (C=O) groups excluding carboxylic acids is 1. The lowest BCUT2D eigenvalue weighted by molar-refractivity contribution is 0.0972. The fourth-order valence-corrected chi connectivity index (χ4v) is 2.09. The zero-order chi connectivity index (χ0) is 13.5. The van der Waals surface area contributed by atoms with Crippen LogP contribution >= 0.6 is 11.3 Å². The Kier molecular flexibility index (Phi) is 4.69. The molecule has 1 N–H and O–H groups in total. The molecule has 1 aromatic carbocycles. The molecule has 1 heterocycles. The molecule has 2 aromatic rings. The quantitative estimate of drug-likeness (QED) is 0.691. The number of methoxy groups -OCH3 is 1. The van der Waals surface area contributed by atoms with Gasteiger partial charge in [-0.05, 0) is 17.0 Å². The molecule has 2 rings (SSSR count). The highest BCUT2D eigenvalue weighted by Crippen LogP contribution is 2.08. The van der Waals surface area contributed by atoms with E-state index in [0.29, 0.717) is 11.4 Å². The highest BCUT2D eigenvalue weighted by atomic mass is 32.1. The summed E-state index contributed by atoms with van der Waals surface area (Å²) >= 11 is 1.38. The third-order valence-corrected chi connectivity index (χ3v) is 3.28. The van der Waals surface area contributed by atoms with Crippen LogP contribution in [0.25, 0.3) is 0 Å². The smallest absolute Gasteiger partial charge is 0.291 e. The molecule has 0 atom stereocenters. The van der Waals surface area contributed by atoms with Crippen molar-refractivity contribution in [3.8, 4) is 0 Å². The first-order chi connectivity index (χ1) is 9.29. The number of amidine groups is 1. The van der Waals surface area contributed by atoms with E-state index >= 15 is 0 Å². The molecule has 0 aliphatic heterocycles. The Morgan fingerprint density at radius 2 is 2.05 bits per heavy atom. The molecule has 0 fully saturated rings. The number of nitrogens with zero attached hydrogens (tertiary/aromatic N) is 1. The van der Waals surface area contributed by atoms with Gasteiger partial charge in [-0.1, -0.05) is 36.4 Å². The maximum atomic E-state index is 11.8. The monoisotopic (exact) mass is 274 g/mol. The predicted octanol–water partition coefficient (Wildman–Crippen LogP) is 2.68. The molecule has 0 saturated carbocycles. The van der Waals surface area contributed by atoms with Crippen LogP contribution in [0.4, 0.5) is 0 Å². The largest absolute Gasteiger partial charge is 0.468 e. The lowest BCUT2D eigenvalue weighted by Crippen LogP contribution is -2.31. The van der Waals surface area contributed by atoms with Crippen LogP contribution < -0.4 is 5.32 Å². The van der Waals surface area contributed by atoms with Gasteiger partial charge in [-0.25, -0.2) is 4.99 Å². The zero-order valence-electron chi connectivity index (χ0n) is 10.5. The summed E-state index contributed by atoms with van der Waals surface area (Å²) in [7, 11) is 1.48. The summed E-state index contributed by atoms with van der Waals surface area (Å²) in [6, 6.07) is 13.6. The standard InChI is InChI=1S/C14H14N2O2S/c1-18-14(15-10-11-6-3-2-4-7-11)16-13(17)12-8-5-9-19-12/h2-9H,10H2,1H3,(H,15,16,17). The number of ether oxygens (including phenoxy) is 1. The van der Waals surface area contributed by atoms with E-state index in [1.807, 2.05) is 41.8 Å². The van der Waals surface area contributed by atoms with Gasteiger partial charge in [-0.3, -0.25) is 10.1 Å². The molecular formula is C14H14N2O2S. The van der Waals surface area contributed by atoms with Crippen molar-refractivity contribution in [3.63, 3.8) is 0 Å². The summed E-state index contributed by atoms with van der Waals surface area (Å²) in [5.74, 6) is -0.205. The van der Waals surface area contributed by atoms with Gasteiger partial charge in [0.05, 0.1) is 18.5 Å². The predicted molar refractivity (Wildman–Crippen MR) is 76.4 cm³/mol. The summed E-state index contributed by atoms with van der Waals surface area (Å²) < 4.78 is 5.06. The topological polar surface area (TPSA) is 50.7 Å². The van der Waals surface area contributed by atoms with E-state index in [4.69, 9.17) is 4.74 Å². The number of thiophene rings is 1. The molecule has 0 saturated heterocycles. The summed E-state index contributed by atoms with van der Waals surface area (Å²) in [4.78, 5) is 16.7. The van der Waals surface area contributed by atoms with Crippen molar-refractivity contribution < 1.29 is 9.53 Å². The Morgan fingerprint density at radius 3 is 2.68 bits per heavy atom. The van der Waals surface area contributed by atoms with Crippen LogP contribution in [0.5, 0.6) is 0 Å². The van der Waals surface area contributed by atoms with Crippen molar-refractivity contribution in [3.05, 3.63) is 58.3 Å². The minimum absolute atomic E-state index is 0.205. The van der Waals surface area contributed by atoms with Crippen LogP contribution in [-0.2, 0) is 11.3 Å². The number of hydrogen-bond donors (Lipinski definition) is 1. The molecular weight excluding hydrogens is 260 g/mol. The van der Waals surface area contributed by atoms with Gasteiger partial charge in [-0.15, -0.1) is 11.3 Å². The average molecular weight is 274 g/mol. The van der Waals surface area contributed by atoms with Crippen molar-refractivity contribution in [2.24, 2.45) is 4.99 Å². The van der Waals surface area contributed by atoms with Gasteiger partial charge in [0.25, 0.3) is 11.9 Å². The van der Waals surface area contributed by atoms with Crippen LogP contribution in [0, 0.1) is 0 Å². The van der Waals surface area contributed by atoms with E-state index in [1.165, 1.54) is 18.4 Å². The lowest BCUT2D eigenvalue weighted by Gasteiger charge is -2.06. The third-order valence-electron chi connectivity index (χ3n) is 2.41. The maximum absolute atomic E-state index is 11.8. The summed E-state index contributed by atoms with van der Waals surface area (Å²) in [6.07, 6.45) is 0. The highest BCUT2D eigenvalue weighted by Gasteiger charge is 2.09. The molecule has 0 unspecified atom stereocenters. The molecule has 1 aromatic heterocycles. The van der Waals surface area contributed by atoms with Crippen molar-refractivity contribution in [2.45, 2.75) is 6.54 Å². The fraction of sp³-hybridized carbons (Fsp3) is 0.143. The first kappa shape index (κ1) is 13.3. The molecule has 19 heavy (non-hydrogen) atoms. The van der Waals surface area contributed by atoms with Gasteiger partial charge in [0.1, 0.15) is 0 Å². The Balaban J connectivity index is 1.98. The van der Waals surface area contributed by atoms with E-state index < -0.39 is 0 Å². The van der Waals surface area contributed by atoms with Crippen LogP contribution in [0.3, 0.4) is 0 Å². The molecule has 1 amide bonds. The molecule has 0 bridgehead atoms. The summed E-state index contributed by atoms with van der Waals surface area (Å²) in [6.45, 7) is 0.467. The number of carbonyl (C=O) groups is 1. The SMILES string of the molecule is COC(=NCc1ccccc1)NC(=O)c1cccs1. The van der Waals surface area contributed by atoms with Gasteiger partial charge in [-0.2, -0.15) is 0 Å². The van der Waals surface area contributed by atoms with Crippen LogP contribution in [0.2, 0.25) is 0 Å². The number of nitrogens with one attached hydrogen (secondary N) is 1. The fourth-order valence-electron chi connectivity index (χ4n) is 1.47. The molecule has 0 aliphatic rings. The Bertz CT molecular complexity index is 550. The minimum atomic E-state index is -0.205. The minimum Gasteiger partial charge on any atom is -0.468 e. The van der Waals surface area contributed by atoms with Gasteiger partial charge < -0.3 is 4.74 Å². The van der Waals surface area contributed by atoms with Crippen molar-refractivity contribution in [2.75, 3.05) is 7.11 Å². The van der Waals surface area contributed by atoms with Gasteiger partial charge in [0, 0.05) is 0 Å². The number of hydrogen-bond acceptors (Lipinski definition) is 4. The first-order valence-electron chi connectivity index (χ1n) is 5.77. The maximum Gasteiger partial charge on any atom is 0.291 e. The van der Waals surface area contributed by atoms with E-state index in [2.05, 4.69) is 10.3 Å². The molecule has 0 radical (unpaired) electrons. The average Bonchev–Trinajstić information content (AvgIpc) is 2.98. The third kappa shape index (κ3) is 3.93. The van der Waals surface area contributed by atoms with Gasteiger partial charge in [0.15, 0.2) is 0 Å². The molecule has 0 aliphatic carbocycles. The van der Waals surface area contributed by atoms with Crippen LogP contribution in [0.15, 0.2) is 52.8 Å². The van der Waals surface area contributed by atoms with Crippen molar-refractivity contribution in [1.82, 2.24) is 5.32 Å². The Morgan fingerprint density at radius 1 is 1.26 bits per heavy atom. The Labute approximate surface area is 115 Å². The molecule has 0 spiro atoms. The highest BCUT2D eigenvalue weighted by molar-refractivity contribution is 7.12. The van der Waals surface area contributed by atoms with Crippen molar-refractivity contribution >= 4 is 23.3 Å². The number of benzene rings is 1. The normalized spacial score (nSPS) is 11.1. The van der Waals surface area contributed by atoms with Crippen LogP contribution in [0.1, 0.15) is 15.2 Å². The van der Waals surface area contributed by atoms with E-state index in [9.17, 15) is 4.79 Å². The number of amides is 1. The van der Waals surface area contributed by atoms with E-state index in [1.54, 1.807) is 6.07 Å². The number of aliphatic imine (C=N–C) groups is 1. The molecule has 98 valence electrons. The molecule has 4 nitrogen and oxygen atoms in total. The second-order valence-corrected chi connectivity index (χ2v) is 4.69. The van der Waals surface area contributed by atoms with Crippen LogP contribution in [-0.4, -0.2) is 19.0 Å². The number of rotatable bonds is 3. The van der Waals surface area contributed by atoms with Gasteiger partial charge in [0.2, 0.25) is 0 Å². The van der Waals surface area contributed by atoms with Crippen molar-refractivity contribution in [1.29, 1.82) is 0 Å². The Hall–Kier alpha value is -2.14. The molecule has 5 heteroatoms. The summed E-state index contributed by atoms with van der Waals surface area (Å²) in [5, 5.41) is 4.49. The first-order valence-corrected chi connectivity index (χ1v) is 6.65. The summed E-state index contributed by atoms with van der Waals surface area (Å²) in [5.41, 5.74) is 1.06. The zero-order valence-corrected chi connectivity index (χ0v) is 11.3. The second kappa shape index (κ2) is 6.70.